The minimum absolute atomic E-state index is 0.327. The number of hydrogen-bond acceptors (Lipinski definition) is 4. The van der Waals surface area contributed by atoms with Crippen LogP contribution in [-0.4, -0.2) is 30.6 Å². The molecule has 0 saturated carbocycles. The smallest absolute Gasteiger partial charge is 0.269 e. The van der Waals surface area contributed by atoms with Gasteiger partial charge in [0.25, 0.3) is 11.8 Å². The Morgan fingerprint density at radius 3 is 2.29 bits per heavy atom. The van der Waals surface area contributed by atoms with Gasteiger partial charge >= 0.3 is 0 Å². The molecule has 0 radical (unpaired) electrons. The predicted octanol–water partition coefficient (Wildman–Crippen LogP) is 3.59. The van der Waals surface area contributed by atoms with Gasteiger partial charge in [-0.05, 0) is 61.9 Å². The Hall–Kier alpha value is -4.00. The van der Waals surface area contributed by atoms with Crippen LogP contribution >= 0.6 is 0 Å². The van der Waals surface area contributed by atoms with Crippen LogP contribution < -0.4 is 20.3 Å². The molecule has 7 heteroatoms. The first kappa shape index (κ1) is 21.7. The Bertz CT molecular complexity index is 1120. The number of benzene rings is 2. The second kappa shape index (κ2) is 9.67. The molecular weight excluding hydrogens is 394 g/mol. The molecule has 3 rings (SSSR count). The van der Waals surface area contributed by atoms with E-state index < -0.39 is 11.8 Å². The van der Waals surface area contributed by atoms with Crippen molar-refractivity contribution in [2.45, 2.75) is 13.8 Å². The molecule has 1 heterocycles. The number of hydrogen-bond donors (Lipinski definition) is 2. The van der Waals surface area contributed by atoms with Crippen molar-refractivity contribution >= 4 is 17.9 Å². The maximum Gasteiger partial charge on any atom is 0.269 e. The fourth-order valence-corrected chi connectivity index (χ4v) is 3.31. The fourth-order valence-electron chi connectivity index (χ4n) is 3.31. The number of aryl methyl sites for hydroxylation is 1. The van der Waals surface area contributed by atoms with Crippen molar-refractivity contribution in [2.24, 2.45) is 0 Å². The first-order valence-electron chi connectivity index (χ1n) is 9.69. The second-order valence-corrected chi connectivity index (χ2v) is 6.84. The van der Waals surface area contributed by atoms with Gasteiger partial charge in [0.2, 0.25) is 0 Å². The van der Waals surface area contributed by atoms with E-state index in [1.807, 2.05) is 50.2 Å². The van der Waals surface area contributed by atoms with Crippen molar-refractivity contribution in [3.63, 3.8) is 0 Å². The molecule has 0 aliphatic carbocycles. The normalized spacial score (nSPS) is 10.7. The Labute approximate surface area is 181 Å². The number of nitrogens with zero attached hydrogens (tertiary/aromatic N) is 1. The summed E-state index contributed by atoms with van der Waals surface area (Å²) in [5.74, 6) is 0.0255. The van der Waals surface area contributed by atoms with Gasteiger partial charge in [0, 0.05) is 28.7 Å². The maximum atomic E-state index is 12.3. The number of ether oxygens (including phenoxy) is 2. The molecule has 7 nitrogen and oxygen atoms in total. The lowest BCUT2D eigenvalue weighted by atomic mass is 10.2. The van der Waals surface area contributed by atoms with Gasteiger partial charge in [0.1, 0.15) is 0 Å². The van der Waals surface area contributed by atoms with Crippen LogP contribution in [0, 0.1) is 13.8 Å². The lowest BCUT2D eigenvalue weighted by Crippen LogP contribution is -2.40. The molecule has 0 bridgehead atoms. The topological polar surface area (TPSA) is 81.6 Å². The van der Waals surface area contributed by atoms with Crippen molar-refractivity contribution in [2.75, 3.05) is 14.2 Å². The number of methoxy groups -OCH3 is 2. The highest BCUT2D eigenvalue weighted by Gasteiger charge is 2.12. The summed E-state index contributed by atoms with van der Waals surface area (Å²) >= 11 is 0. The average Bonchev–Trinajstić information content (AvgIpc) is 3.08. The third kappa shape index (κ3) is 4.95. The highest BCUT2D eigenvalue weighted by molar-refractivity contribution is 5.98. The van der Waals surface area contributed by atoms with Crippen molar-refractivity contribution in [3.05, 3.63) is 83.2 Å². The molecule has 31 heavy (non-hydrogen) atoms. The van der Waals surface area contributed by atoms with Gasteiger partial charge in [0.05, 0.1) is 14.2 Å². The van der Waals surface area contributed by atoms with E-state index in [-0.39, 0.29) is 0 Å². The van der Waals surface area contributed by atoms with Crippen LogP contribution in [0.25, 0.3) is 11.8 Å². The van der Waals surface area contributed by atoms with Crippen LogP contribution in [0.3, 0.4) is 0 Å². The van der Waals surface area contributed by atoms with Crippen LogP contribution in [0.4, 0.5) is 0 Å². The van der Waals surface area contributed by atoms with Gasteiger partial charge < -0.3 is 14.0 Å². The highest BCUT2D eigenvalue weighted by atomic mass is 16.5. The van der Waals surface area contributed by atoms with E-state index in [4.69, 9.17) is 9.47 Å². The molecule has 0 aliphatic rings. The quantitative estimate of drug-likeness (QED) is 0.473. The number of amides is 2. The van der Waals surface area contributed by atoms with Gasteiger partial charge in [-0.25, -0.2) is 0 Å². The molecule has 160 valence electrons. The fraction of sp³-hybridized carbons (Fsp3) is 0.167. The van der Waals surface area contributed by atoms with Gasteiger partial charge in [-0.1, -0.05) is 18.2 Å². The summed E-state index contributed by atoms with van der Waals surface area (Å²) in [7, 11) is 3.00. The van der Waals surface area contributed by atoms with Crippen molar-refractivity contribution in [3.8, 4) is 17.2 Å². The Kier molecular flexibility index (Phi) is 6.77. The largest absolute Gasteiger partial charge is 0.493 e. The van der Waals surface area contributed by atoms with E-state index in [1.165, 1.54) is 26.4 Å². The molecule has 1 aromatic heterocycles. The number of aromatic nitrogens is 1. The molecular formula is C24H25N3O4. The lowest BCUT2D eigenvalue weighted by Gasteiger charge is -2.10. The van der Waals surface area contributed by atoms with Crippen molar-refractivity contribution in [1.29, 1.82) is 0 Å². The molecule has 0 unspecified atom stereocenters. The Morgan fingerprint density at radius 1 is 0.903 bits per heavy atom. The minimum atomic E-state index is -0.468. The van der Waals surface area contributed by atoms with Gasteiger partial charge in [-0.15, -0.1) is 0 Å². The molecule has 0 aliphatic heterocycles. The van der Waals surface area contributed by atoms with Gasteiger partial charge in [-0.3, -0.25) is 20.4 Å². The van der Waals surface area contributed by atoms with Crippen LogP contribution in [-0.2, 0) is 4.79 Å². The molecule has 0 atom stereocenters. The summed E-state index contributed by atoms with van der Waals surface area (Å²) < 4.78 is 12.5. The number of carbonyl (C=O) groups is 2. The molecule has 2 aromatic carbocycles. The van der Waals surface area contributed by atoms with Crippen LogP contribution in [0.5, 0.6) is 11.5 Å². The zero-order chi connectivity index (χ0) is 22.4. The number of nitrogens with one attached hydrogen (secondary N) is 2. The molecule has 2 amide bonds. The van der Waals surface area contributed by atoms with E-state index in [1.54, 1.807) is 18.2 Å². The van der Waals surface area contributed by atoms with E-state index in [0.717, 1.165) is 22.6 Å². The van der Waals surface area contributed by atoms with Gasteiger partial charge in [-0.2, -0.15) is 0 Å². The number of carbonyl (C=O) groups excluding carboxylic acids is 2. The number of hydrazine groups is 1. The lowest BCUT2D eigenvalue weighted by molar-refractivity contribution is -0.117. The first-order valence-corrected chi connectivity index (χ1v) is 9.69. The van der Waals surface area contributed by atoms with Crippen LogP contribution in [0.2, 0.25) is 0 Å². The molecule has 0 saturated heterocycles. The predicted molar refractivity (Wildman–Crippen MR) is 119 cm³/mol. The monoisotopic (exact) mass is 419 g/mol. The zero-order valence-corrected chi connectivity index (χ0v) is 17.9. The second-order valence-electron chi connectivity index (χ2n) is 6.84. The van der Waals surface area contributed by atoms with E-state index in [9.17, 15) is 9.59 Å². The Balaban J connectivity index is 1.64. The number of rotatable bonds is 6. The molecule has 0 fully saturated rings. The summed E-state index contributed by atoms with van der Waals surface area (Å²) in [4.78, 5) is 24.5. The molecule has 2 N–H and O–H groups in total. The van der Waals surface area contributed by atoms with Crippen LogP contribution in [0.1, 0.15) is 27.3 Å². The third-order valence-electron chi connectivity index (χ3n) is 4.84. The zero-order valence-electron chi connectivity index (χ0n) is 17.9. The molecule has 3 aromatic rings. The summed E-state index contributed by atoms with van der Waals surface area (Å²) in [6.45, 7) is 4.01. The summed E-state index contributed by atoms with van der Waals surface area (Å²) in [6.07, 6.45) is 3.10. The maximum absolute atomic E-state index is 12.3. The molecule has 0 spiro atoms. The SMILES string of the molecule is COc1ccc(C(=O)NNC(=O)/C=C/c2cc(C)n(-c3ccccc3)c2C)cc1OC. The first-order chi connectivity index (χ1) is 14.9. The van der Waals surface area contributed by atoms with E-state index >= 15 is 0 Å². The van der Waals surface area contributed by atoms with Gasteiger partial charge in [0.15, 0.2) is 11.5 Å². The third-order valence-corrected chi connectivity index (χ3v) is 4.84. The summed E-state index contributed by atoms with van der Waals surface area (Å²) in [6, 6.07) is 16.8. The average molecular weight is 419 g/mol. The highest BCUT2D eigenvalue weighted by Crippen LogP contribution is 2.27. The summed E-state index contributed by atoms with van der Waals surface area (Å²) in [5.41, 5.74) is 9.16. The number of para-hydroxylation sites is 1. The van der Waals surface area contributed by atoms with E-state index in [0.29, 0.717) is 17.1 Å². The van der Waals surface area contributed by atoms with Crippen molar-refractivity contribution < 1.29 is 19.1 Å². The summed E-state index contributed by atoms with van der Waals surface area (Å²) in [5, 5.41) is 0. The van der Waals surface area contributed by atoms with Crippen molar-refractivity contribution in [1.82, 2.24) is 15.4 Å². The van der Waals surface area contributed by atoms with E-state index in [2.05, 4.69) is 15.4 Å². The Morgan fingerprint density at radius 2 is 1.61 bits per heavy atom. The van der Waals surface area contributed by atoms with Crippen LogP contribution in [0.15, 0.2) is 60.7 Å². The minimum Gasteiger partial charge on any atom is -0.493 e. The standard InChI is InChI=1S/C24H25N3O4/c1-16-14-18(17(2)27(16)20-8-6-5-7-9-20)11-13-23(28)25-26-24(29)19-10-12-21(30-3)22(15-19)31-4/h5-15H,1-4H3,(H,25,28)(H,26,29)/b13-11+.